The molecule has 2 aromatic carbocycles. The molecule has 1 saturated carbocycles. The zero-order valence-electron chi connectivity index (χ0n) is 29.6. The van der Waals surface area contributed by atoms with Gasteiger partial charge in [-0.3, -0.25) is 19.3 Å². The number of aromatic hydroxyl groups is 1. The Labute approximate surface area is 291 Å². The first kappa shape index (κ1) is 38.3. The number of aliphatic hydroxyl groups is 1. The van der Waals surface area contributed by atoms with Crippen molar-refractivity contribution < 1.29 is 33.0 Å². The summed E-state index contributed by atoms with van der Waals surface area (Å²) in [5.41, 5.74) is 0.541. The Kier molecular flexibility index (Phi) is 12.2. The highest BCUT2D eigenvalue weighted by Gasteiger charge is 2.46. The molecular formula is C37H54N4O7S. The van der Waals surface area contributed by atoms with Crippen molar-refractivity contribution in [1.29, 1.82) is 0 Å². The van der Waals surface area contributed by atoms with Crippen LogP contribution >= 0.6 is 0 Å². The summed E-state index contributed by atoms with van der Waals surface area (Å²) in [6, 6.07) is 11.9. The van der Waals surface area contributed by atoms with E-state index in [-0.39, 0.29) is 30.2 Å². The van der Waals surface area contributed by atoms with Crippen molar-refractivity contribution in [2.75, 3.05) is 19.3 Å². The molecule has 2 fully saturated rings. The first-order valence-electron chi connectivity index (χ1n) is 17.2. The van der Waals surface area contributed by atoms with Crippen LogP contribution in [0.1, 0.15) is 82.6 Å². The number of likely N-dealkylation sites (tertiary alicyclic amines) is 1. The van der Waals surface area contributed by atoms with E-state index in [1.165, 1.54) is 38.1 Å². The number of carbonyl (C=O) groups excluding carboxylic acids is 3. The van der Waals surface area contributed by atoms with E-state index in [0.29, 0.717) is 24.8 Å². The van der Waals surface area contributed by atoms with Crippen LogP contribution in [-0.2, 0) is 25.8 Å². The number of benzene rings is 2. The third kappa shape index (κ3) is 10.0. The highest BCUT2D eigenvalue weighted by molar-refractivity contribution is 7.92. The Morgan fingerprint density at radius 1 is 0.918 bits per heavy atom. The van der Waals surface area contributed by atoms with Crippen LogP contribution in [0.15, 0.2) is 54.6 Å². The summed E-state index contributed by atoms with van der Waals surface area (Å²) in [6.45, 7) is 9.34. The molecule has 270 valence electrons. The minimum absolute atomic E-state index is 0.0501. The Hall–Kier alpha value is -3.48. The highest BCUT2D eigenvalue weighted by atomic mass is 32.2. The Morgan fingerprint density at radius 3 is 2.12 bits per heavy atom. The van der Waals surface area contributed by atoms with Gasteiger partial charge in [-0.05, 0) is 95.5 Å². The zero-order valence-corrected chi connectivity index (χ0v) is 30.4. The van der Waals surface area contributed by atoms with E-state index >= 15 is 0 Å². The molecule has 0 radical (unpaired) electrons. The number of nitrogens with one attached hydrogen (secondary N) is 3. The summed E-state index contributed by atoms with van der Waals surface area (Å²) in [7, 11) is -3.89. The van der Waals surface area contributed by atoms with Gasteiger partial charge in [0.15, 0.2) is 9.84 Å². The molecule has 2 unspecified atom stereocenters. The molecule has 1 heterocycles. The van der Waals surface area contributed by atoms with Gasteiger partial charge in [-0.2, -0.15) is 0 Å². The lowest BCUT2D eigenvalue weighted by Gasteiger charge is -2.47. The molecule has 5 N–H and O–H groups in total. The van der Waals surface area contributed by atoms with E-state index in [1.54, 1.807) is 0 Å². The fourth-order valence-electron chi connectivity index (χ4n) is 7.01. The number of nitrogens with zero attached hydrogens (tertiary/aromatic N) is 1. The van der Waals surface area contributed by atoms with Crippen molar-refractivity contribution in [2.24, 2.45) is 11.8 Å². The average Bonchev–Trinajstić information content (AvgIpc) is 3.02. The maximum Gasteiger partial charge on any atom is 0.251 e. The van der Waals surface area contributed by atoms with Gasteiger partial charge >= 0.3 is 0 Å². The molecule has 2 aliphatic rings. The van der Waals surface area contributed by atoms with Gasteiger partial charge in [0.05, 0.1) is 22.9 Å². The van der Waals surface area contributed by atoms with E-state index in [0.717, 1.165) is 37.5 Å². The van der Waals surface area contributed by atoms with Gasteiger partial charge in [-0.15, -0.1) is 0 Å². The predicted octanol–water partition coefficient (Wildman–Crippen LogP) is 3.20. The standard InChI is InChI=1S/C37H54N4O7S/c1-36(2,3)40-34(45)30-21-26-14-10-11-15-27(26)22-41(30)23-31(43)29(20-24-12-8-7-9-13-24)38-35(46)32(37(4,5)49(6,47)48)39-33(44)25-16-18-28(42)19-17-25/h7-9,12-13,16-19,26-27,29-32,42-43H,10-11,14-15,20-23H2,1-6H3,(H,38,46)(H,39,44)(H,40,45)/t26?,27?,29-,30-,31+,32+/m0/s1. The van der Waals surface area contributed by atoms with Crippen LogP contribution in [0.25, 0.3) is 0 Å². The maximum absolute atomic E-state index is 14.2. The molecule has 1 aliphatic carbocycles. The van der Waals surface area contributed by atoms with Crippen molar-refractivity contribution in [3.8, 4) is 5.75 Å². The fraction of sp³-hybridized carbons (Fsp3) is 0.595. The van der Waals surface area contributed by atoms with E-state index in [4.69, 9.17) is 0 Å². The van der Waals surface area contributed by atoms with Crippen molar-refractivity contribution in [1.82, 2.24) is 20.9 Å². The SMILES string of the molecule is CC(C)(C)NC(=O)[C@@H]1CC2CCCCC2CN1C[C@@H](O)[C@H](Cc1ccccc1)NC(=O)[C@@H](NC(=O)c1ccc(O)cc1)C(C)(C)S(C)(=O)=O. The van der Waals surface area contributed by atoms with Crippen molar-refractivity contribution in [3.63, 3.8) is 0 Å². The van der Waals surface area contributed by atoms with Crippen LogP contribution in [0, 0.1) is 11.8 Å². The van der Waals surface area contributed by atoms with Gasteiger partial charge < -0.3 is 26.2 Å². The molecule has 12 heteroatoms. The predicted molar refractivity (Wildman–Crippen MR) is 190 cm³/mol. The lowest BCUT2D eigenvalue weighted by atomic mass is 9.72. The first-order valence-corrected chi connectivity index (χ1v) is 19.1. The van der Waals surface area contributed by atoms with Crippen LogP contribution in [0.5, 0.6) is 5.75 Å². The monoisotopic (exact) mass is 698 g/mol. The maximum atomic E-state index is 14.2. The molecule has 6 atom stereocenters. The highest BCUT2D eigenvalue weighted by Crippen LogP contribution is 2.39. The number of aliphatic hydroxyl groups excluding tert-OH is 1. The molecule has 49 heavy (non-hydrogen) atoms. The van der Waals surface area contributed by atoms with Crippen LogP contribution in [0.4, 0.5) is 0 Å². The molecule has 2 aromatic rings. The first-order chi connectivity index (χ1) is 22.9. The Morgan fingerprint density at radius 2 is 1.53 bits per heavy atom. The fourth-order valence-corrected chi connectivity index (χ4v) is 7.60. The second-order valence-electron chi connectivity index (χ2n) is 15.5. The number of sulfone groups is 1. The van der Waals surface area contributed by atoms with Gasteiger partial charge in [0.25, 0.3) is 5.91 Å². The topological polar surface area (TPSA) is 165 Å². The number of phenols is 1. The number of carbonyl (C=O) groups is 3. The third-order valence-corrected chi connectivity index (χ3v) is 12.3. The summed E-state index contributed by atoms with van der Waals surface area (Å²) in [4.78, 5) is 43.1. The van der Waals surface area contributed by atoms with Crippen molar-refractivity contribution >= 4 is 27.6 Å². The van der Waals surface area contributed by atoms with E-state index in [9.17, 15) is 33.0 Å². The zero-order chi connectivity index (χ0) is 36.1. The molecular weight excluding hydrogens is 644 g/mol. The van der Waals surface area contributed by atoms with Crippen molar-refractivity contribution in [3.05, 3.63) is 65.7 Å². The molecule has 3 amide bonds. The summed E-state index contributed by atoms with van der Waals surface area (Å²) in [5.74, 6) is -0.744. The van der Waals surface area contributed by atoms with Crippen LogP contribution in [-0.4, -0.2) is 95.1 Å². The number of phenolic OH excluding ortho intramolecular Hbond substituents is 1. The average molecular weight is 699 g/mol. The summed E-state index contributed by atoms with van der Waals surface area (Å²) in [6.07, 6.45) is 5.23. The van der Waals surface area contributed by atoms with Gasteiger partial charge in [-0.25, -0.2) is 8.42 Å². The molecule has 4 rings (SSSR count). The summed E-state index contributed by atoms with van der Waals surface area (Å²) >= 11 is 0. The number of rotatable bonds is 12. The number of piperidine rings is 1. The normalized spacial score (nSPS) is 22.2. The second-order valence-corrected chi connectivity index (χ2v) is 18.0. The largest absolute Gasteiger partial charge is 0.508 e. The van der Waals surface area contributed by atoms with E-state index in [2.05, 4.69) is 16.0 Å². The lowest BCUT2D eigenvalue weighted by molar-refractivity contribution is -0.133. The minimum atomic E-state index is -3.89. The van der Waals surface area contributed by atoms with Gasteiger partial charge in [0.1, 0.15) is 11.8 Å². The van der Waals surface area contributed by atoms with Gasteiger partial charge in [-0.1, -0.05) is 49.6 Å². The molecule has 0 bridgehead atoms. The van der Waals surface area contributed by atoms with E-state index in [1.807, 2.05) is 56.0 Å². The Bertz CT molecular complexity index is 1560. The number of hydrogen-bond donors (Lipinski definition) is 5. The van der Waals surface area contributed by atoms with Gasteiger partial charge in [0.2, 0.25) is 11.8 Å². The molecule has 1 aliphatic heterocycles. The van der Waals surface area contributed by atoms with Crippen LogP contribution in [0.2, 0.25) is 0 Å². The smallest absolute Gasteiger partial charge is 0.251 e. The van der Waals surface area contributed by atoms with Crippen LogP contribution < -0.4 is 16.0 Å². The molecule has 11 nitrogen and oxygen atoms in total. The number of fused-ring (bicyclic) bond motifs is 1. The van der Waals surface area contributed by atoms with Crippen LogP contribution in [0.3, 0.4) is 0 Å². The summed E-state index contributed by atoms with van der Waals surface area (Å²) < 4.78 is 24.3. The second kappa shape index (κ2) is 15.6. The molecule has 0 aromatic heterocycles. The Balaban J connectivity index is 1.63. The van der Waals surface area contributed by atoms with Crippen molar-refractivity contribution in [2.45, 2.75) is 108 Å². The molecule has 0 spiro atoms. The summed E-state index contributed by atoms with van der Waals surface area (Å²) in [5, 5.41) is 30.2. The number of hydrogen-bond acceptors (Lipinski definition) is 8. The van der Waals surface area contributed by atoms with Gasteiger partial charge in [0, 0.05) is 30.4 Å². The molecule has 1 saturated heterocycles. The lowest BCUT2D eigenvalue weighted by Crippen LogP contribution is -2.64. The number of β-amino-alcohol motifs (C(OH)–C–C–N with tert-alkyl or cyclic N) is 1. The quantitative estimate of drug-likeness (QED) is 0.226. The third-order valence-electron chi connectivity index (χ3n) is 10.1. The minimum Gasteiger partial charge on any atom is -0.508 e. The van der Waals surface area contributed by atoms with E-state index < -0.39 is 56.2 Å². The number of amides is 3.